The van der Waals surface area contributed by atoms with E-state index in [0.29, 0.717) is 5.92 Å². The van der Waals surface area contributed by atoms with Crippen molar-refractivity contribution in [1.29, 1.82) is 0 Å². The number of aromatic nitrogens is 1. The molecule has 1 aromatic heterocycles. The van der Waals surface area contributed by atoms with E-state index in [-0.39, 0.29) is 24.0 Å². The summed E-state index contributed by atoms with van der Waals surface area (Å²) in [5, 5.41) is 3.52. The number of hydrogen-bond acceptors (Lipinski definition) is 3. The standard InChI is InChI=1S/C21H29N5.HI/c1-22-21(24-15-19-10-7-12-23-20(19)25(2)3)26-13-11-18(16-26)14-17-8-5-4-6-9-17;/h4-10,12,18H,11,13-16H2,1-3H3,(H,22,24);1H. The summed E-state index contributed by atoms with van der Waals surface area (Å²) in [7, 11) is 5.91. The highest BCUT2D eigenvalue weighted by molar-refractivity contribution is 14.0. The summed E-state index contributed by atoms with van der Waals surface area (Å²) in [6, 6.07) is 14.9. The fraction of sp³-hybridized carbons (Fsp3) is 0.429. The van der Waals surface area contributed by atoms with Gasteiger partial charge >= 0.3 is 0 Å². The van der Waals surface area contributed by atoms with Crippen LogP contribution in [-0.2, 0) is 13.0 Å². The van der Waals surface area contributed by atoms with Crippen LogP contribution in [0.5, 0.6) is 0 Å². The van der Waals surface area contributed by atoms with Crippen molar-refractivity contribution in [2.75, 3.05) is 39.1 Å². The van der Waals surface area contributed by atoms with Crippen molar-refractivity contribution in [3.8, 4) is 0 Å². The lowest BCUT2D eigenvalue weighted by Crippen LogP contribution is -2.40. The maximum atomic E-state index is 4.50. The van der Waals surface area contributed by atoms with E-state index < -0.39 is 0 Å². The van der Waals surface area contributed by atoms with Crippen molar-refractivity contribution in [3.63, 3.8) is 0 Å². The van der Waals surface area contributed by atoms with Crippen molar-refractivity contribution in [1.82, 2.24) is 15.2 Å². The molecule has 0 saturated carbocycles. The summed E-state index contributed by atoms with van der Waals surface area (Å²) < 4.78 is 0. The van der Waals surface area contributed by atoms with Crippen LogP contribution in [0.25, 0.3) is 0 Å². The lowest BCUT2D eigenvalue weighted by Gasteiger charge is -2.23. The summed E-state index contributed by atoms with van der Waals surface area (Å²) in [5.74, 6) is 2.67. The Hall–Kier alpha value is -1.83. The van der Waals surface area contributed by atoms with Gasteiger partial charge in [-0.05, 0) is 30.4 Å². The molecule has 3 rings (SSSR count). The molecule has 0 spiro atoms. The second-order valence-corrected chi connectivity index (χ2v) is 7.07. The number of aliphatic imine (C=N–C) groups is 1. The van der Waals surface area contributed by atoms with Crippen molar-refractivity contribution < 1.29 is 0 Å². The Morgan fingerprint density at radius 3 is 2.70 bits per heavy atom. The number of nitrogens with zero attached hydrogens (tertiary/aromatic N) is 4. The number of nitrogens with one attached hydrogen (secondary N) is 1. The van der Waals surface area contributed by atoms with E-state index >= 15 is 0 Å². The number of halogens is 1. The van der Waals surface area contributed by atoms with Gasteiger partial charge in [-0.2, -0.15) is 0 Å². The molecule has 0 radical (unpaired) electrons. The van der Waals surface area contributed by atoms with Gasteiger partial charge < -0.3 is 15.1 Å². The number of pyridine rings is 1. The normalized spacial score (nSPS) is 16.8. The molecule has 1 saturated heterocycles. The van der Waals surface area contributed by atoms with Gasteiger partial charge in [0.15, 0.2) is 5.96 Å². The van der Waals surface area contributed by atoms with Gasteiger partial charge in [-0.25, -0.2) is 4.98 Å². The molecule has 1 unspecified atom stereocenters. The molecule has 1 aliphatic rings. The number of benzene rings is 1. The van der Waals surface area contributed by atoms with Crippen LogP contribution in [0.2, 0.25) is 0 Å². The first-order chi connectivity index (χ1) is 12.7. The zero-order valence-electron chi connectivity index (χ0n) is 16.4. The molecule has 1 atom stereocenters. The molecule has 0 aliphatic carbocycles. The van der Waals surface area contributed by atoms with E-state index in [1.54, 1.807) is 0 Å². The summed E-state index contributed by atoms with van der Waals surface area (Å²) in [6.45, 7) is 2.85. The minimum absolute atomic E-state index is 0. The lowest BCUT2D eigenvalue weighted by molar-refractivity contribution is 0.460. The molecule has 5 nitrogen and oxygen atoms in total. The highest BCUT2D eigenvalue weighted by Crippen LogP contribution is 2.21. The molecule has 2 aromatic rings. The molecule has 6 heteroatoms. The van der Waals surface area contributed by atoms with E-state index in [0.717, 1.165) is 37.8 Å². The third-order valence-electron chi connectivity index (χ3n) is 4.89. The van der Waals surface area contributed by atoms with Crippen LogP contribution < -0.4 is 10.2 Å². The van der Waals surface area contributed by atoms with Crippen LogP contribution >= 0.6 is 24.0 Å². The zero-order chi connectivity index (χ0) is 18.4. The van der Waals surface area contributed by atoms with E-state index in [4.69, 9.17) is 0 Å². The van der Waals surface area contributed by atoms with Gasteiger partial charge in [0.1, 0.15) is 5.82 Å². The largest absolute Gasteiger partial charge is 0.362 e. The lowest BCUT2D eigenvalue weighted by atomic mass is 9.99. The van der Waals surface area contributed by atoms with E-state index in [2.05, 4.69) is 56.6 Å². The maximum absolute atomic E-state index is 4.50. The highest BCUT2D eigenvalue weighted by atomic mass is 127. The van der Waals surface area contributed by atoms with Crippen LogP contribution in [-0.4, -0.2) is 50.1 Å². The van der Waals surface area contributed by atoms with Crippen LogP contribution in [0.15, 0.2) is 53.7 Å². The van der Waals surface area contributed by atoms with Crippen LogP contribution in [0, 0.1) is 5.92 Å². The molecule has 1 N–H and O–H groups in total. The second-order valence-electron chi connectivity index (χ2n) is 7.07. The van der Waals surface area contributed by atoms with Crippen LogP contribution in [0.3, 0.4) is 0 Å². The number of anilines is 1. The third kappa shape index (κ3) is 5.82. The Balaban J connectivity index is 0.00000261. The number of likely N-dealkylation sites (tertiary alicyclic amines) is 1. The smallest absolute Gasteiger partial charge is 0.193 e. The van der Waals surface area contributed by atoms with Gasteiger partial charge in [0, 0.05) is 52.5 Å². The van der Waals surface area contributed by atoms with Crippen molar-refractivity contribution in [2.45, 2.75) is 19.4 Å². The Morgan fingerprint density at radius 2 is 2.00 bits per heavy atom. The number of guanidine groups is 1. The van der Waals surface area contributed by atoms with Gasteiger partial charge in [0.05, 0.1) is 0 Å². The van der Waals surface area contributed by atoms with Crippen LogP contribution in [0.4, 0.5) is 5.82 Å². The minimum atomic E-state index is 0. The summed E-state index contributed by atoms with van der Waals surface area (Å²) in [4.78, 5) is 13.4. The predicted octanol–water partition coefficient (Wildman–Crippen LogP) is 3.41. The molecule has 2 heterocycles. The average molecular weight is 479 g/mol. The van der Waals surface area contributed by atoms with Gasteiger partial charge in [-0.1, -0.05) is 36.4 Å². The fourth-order valence-electron chi connectivity index (χ4n) is 3.62. The topological polar surface area (TPSA) is 43.8 Å². The first-order valence-electron chi connectivity index (χ1n) is 9.28. The molecule has 0 bridgehead atoms. The Kier molecular flexibility index (Phi) is 8.34. The van der Waals surface area contributed by atoms with Gasteiger partial charge in [-0.15, -0.1) is 24.0 Å². The summed E-state index contributed by atoms with van der Waals surface area (Å²) >= 11 is 0. The van der Waals surface area contributed by atoms with Crippen molar-refractivity contribution in [2.24, 2.45) is 10.9 Å². The highest BCUT2D eigenvalue weighted by Gasteiger charge is 2.25. The van der Waals surface area contributed by atoms with Gasteiger partial charge in [-0.3, -0.25) is 4.99 Å². The fourth-order valence-corrected chi connectivity index (χ4v) is 3.62. The first kappa shape index (κ1) is 21.5. The molecule has 1 aliphatic heterocycles. The molecule has 1 aromatic carbocycles. The van der Waals surface area contributed by atoms with Gasteiger partial charge in [0.2, 0.25) is 0 Å². The van der Waals surface area contributed by atoms with Gasteiger partial charge in [0.25, 0.3) is 0 Å². The monoisotopic (exact) mass is 479 g/mol. The number of hydrogen-bond donors (Lipinski definition) is 1. The predicted molar refractivity (Wildman–Crippen MR) is 124 cm³/mol. The Bertz CT molecular complexity index is 732. The first-order valence-corrected chi connectivity index (χ1v) is 9.28. The van der Waals surface area contributed by atoms with E-state index in [1.807, 2.05) is 38.3 Å². The molecule has 1 fully saturated rings. The quantitative estimate of drug-likeness (QED) is 0.406. The molecular formula is C21H30IN5. The SMILES string of the molecule is CN=C(NCc1cccnc1N(C)C)N1CCC(Cc2ccccc2)C1.I. The molecule has 0 amide bonds. The van der Waals surface area contributed by atoms with Crippen molar-refractivity contribution >= 4 is 35.8 Å². The average Bonchev–Trinajstić information content (AvgIpc) is 3.11. The van der Waals surface area contributed by atoms with Crippen molar-refractivity contribution in [3.05, 3.63) is 59.8 Å². The number of rotatable bonds is 5. The second kappa shape index (κ2) is 10.5. The third-order valence-corrected chi connectivity index (χ3v) is 4.89. The Labute approximate surface area is 179 Å². The minimum Gasteiger partial charge on any atom is -0.362 e. The summed E-state index contributed by atoms with van der Waals surface area (Å²) in [5.41, 5.74) is 2.60. The van der Waals surface area contributed by atoms with Crippen LogP contribution in [0.1, 0.15) is 17.5 Å². The maximum Gasteiger partial charge on any atom is 0.193 e. The van der Waals surface area contributed by atoms with E-state index in [1.165, 1.54) is 17.5 Å². The van der Waals surface area contributed by atoms with E-state index in [9.17, 15) is 0 Å². The Morgan fingerprint density at radius 1 is 1.22 bits per heavy atom. The molecular weight excluding hydrogens is 449 g/mol. The molecule has 27 heavy (non-hydrogen) atoms. The summed E-state index contributed by atoms with van der Waals surface area (Å²) in [6.07, 6.45) is 4.19. The molecule has 146 valence electrons. The zero-order valence-corrected chi connectivity index (χ0v) is 18.8.